The highest BCUT2D eigenvalue weighted by Crippen LogP contribution is 2.24. The van der Waals surface area contributed by atoms with E-state index in [0.29, 0.717) is 11.8 Å². The van der Waals surface area contributed by atoms with Gasteiger partial charge in [-0.25, -0.2) is 8.78 Å². The summed E-state index contributed by atoms with van der Waals surface area (Å²) in [6.45, 7) is 0. The van der Waals surface area contributed by atoms with E-state index < -0.39 is 11.6 Å². The van der Waals surface area contributed by atoms with Gasteiger partial charge >= 0.3 is 0 Å². The van der Waals surface area contributed by atoms with Crippen LogP contribution in [0.5, 0.6) is 5.75 Å². The fourth-order valence-corrected chi connectivity index (χ4v) is 2.46. The lowest BCUT2D eigenvalue weighted by Gasteiger charge is -2.05. The highest BCUT2D eigenvalue weighted by Gasteiger charge is 2.13. The van der Waals surface area contributed by atoms with Crippen molar-refractivity contribution in [2.75, 3.05) is 12.9 Å². The Labute approximate surface area is 119 Å². The maximum atomic E-state index is 13.5. The van der Waals surface area contributed by atoms with Crippen LogP contribution < -0.4 is 4.74 Å². The number of rotatable bonds is 5. The van der Waals surface area contributed by atoms with Gasteiger partial charge in [0.15, 0.2) is 5.78 Å². The molecule has 0 heterocycles. The molecule has 5 heteroatoms. The molecule has 0 fully saturated rings. The SMILES string of the molecule is COc1cccc(SCC(=O)c2ccc(F)cc2F)c1. The third kappa shape index (κ3) is 3.57. The number of carbonyl (C=O) groups is 1. The number of ether oxygens (including phenoxy) is 1. The van der Waals surface area contributed by atoms with E-state index in [2.05, 4.69) is 0 Å². The monoisotopic (exact) mass is 294 g/mol. The Morgan fingerprint density at radius 3 is 2.70 bits per heavy atom. The van der Waals surface area contributed by atoms with Gasteiger partial charge in [0.25, 0.3) is 0 Å². The molecule has 2 aromatic rings. The molecule has 0 unspecified atom stereocenters. The van der Waals surface area contributed by atoms with Crippen molar-refractivity contribution < 1.29 is 18.3 Å². The molecule has 0 aliphatic heterocycles. The molecule has 0 bridgehead atoms. The summed E-state index contributed by atoms with van der Waals surface area (Å²) < 4.78 is 31.3. The van der Waals surface area contributed by atoms with Gasteiger partial charge in [-0.2, -0.15) is 0 Å². The second-order valence-corrected chi connectivity index (χ2v) is 5.06. The molecule has 0 saturated heterocycles. The van der Waals surface area contributed by atoms with Crippen molar-refractivity contribution in [1.82, 2.24) is 0 Å². The number of ketones is 1. The first kappa shape index (κ1) is 14.5. The predicted molar refractivity (Wildman–Crippen MR) is 74.4 cm³/mol. The lowest BCUT2D eigenvalue weighted by Crippen LogP contribution is -2.05. The molecule has 0 aliphatic rings. The molecule has 0 radical (unpaired) electrons. The van der Waals surface area contributed by atoms with Crippen LogP contribution in [0.4, 0.5) is 8.78 Å². The molecule has 2 nitrogen and oxygen atoms in total. The number of halogens is 2. The fraction of sp³-hybridized carbons (Fsp3) is 0.133. The molecule has 0 aliphatic carbocycles. The fourth-order valence-electron chi connectivity index (χ4n) is 1.63. The average Bonchev–Trinajstić information content (AvgIpc) is 2.45. The van der Waals surface area contributed by atoms with Crippen LogP contribution in [0, 0.1) is 11.6 Å². The molecule has 104 valence electrons. The number of hydrogen-bond donors (Lipinski definition) is 0. The van der Waals surface area contributed by atoms with E-state index in [4.69, 9.17) is 4.74 Å². The Hall–Kier alpha value is -1.88. The molecule has 0 amide bonds. The molecule has 2 rings (SSSR count). The van der Waals surface area contributed by atoms with Crippen LogP contribution in [0.2, 0.25) is 0 Å². The topological polar surface area (TPSA) is 26.3 Å². The van der Waals surface area contributed by atoms with Gasteiger partial charge in [0.05, 0.1) is 18.4 Å². The van der Waals surface area contributed by atoms with Crippen LogP contribution in [0.15, 0.2) is 47.4 Å². The van der Waals surface area contributed by atoms with E-state index in [1.807, 2.05) is 12.1 Å². The second kappa shape index (κ2) is 6.52. The highest BCUT2D eigenvalue weighted by molar-refractivity contribution is 8.00. The minimum Gasteiger partial charge on any atom is -0.497 e. The summed E-state index contributed by atoms with van der Waals surface area (Å²) >= 11 is 1.28. The van der Waals surface area contributed by atoms with E-state index in [9.17, 15) is 13.6 Å². The molecule has 0 atom stereocenters. The average molecular weight is 294 g/mol. The zero-order valence-corrected chi connectivity index (χ0v) is 11.5. The van der Waals surface area contributed by atoms with E-state index in [0.717, 1.165) is 11.0 Å². The number of carbonyl (C=O) groups excluding carboxylic acids is 1. The first-order valence-electron chi connectivity index (χ1n) is 5.85. The second-order valence-electron chi connectivity index (χ2n) is 4.02. The van der Waals surface area contributed by atoms with Crippen LogP contribution in [-0.2, 0) is 0 Å². The van der Waals surface area contributed by atoms with Gasteiger partial charge in [-0.15, -0.1) is 11.8 Å². The molecule has 20 heavy (non-hydrogen) atoms. The summed E-state index contributed by atoms with van der Waals surface area (Å²) in [4.78, 5) is 12.7. The minimum absolute atomic E-state index is 0.0791. The van der Waals surface area contributed by atoms with Gasteiger partial charge in [0.1, 0.15) is 17.4 Å². The summed E-state index contributed by atoms with van der Waals surface area (Å²) in [6.07, 6.45) is 0. The zero-order valence-electron chi connectivity index (χ0n) is 10.7. The van der Waals surface area contributed by atoms with E-state index in [1.54, 1.807) is 19.2 Å². The van der Waals surface area contributed by atoms with Crippen LogP contribution in [0.3, 0.4) is 0 Å². The number of hydrogen-bond acceptors (Lipinski definition) is 3. The molecule has 0 N–H and O–H groups in total. The van der Waals surface area contributed by atoms with Crippen LogP contribution in [-0.4, -0.2) is 18.6 Å². The molecule has 0 aromatic heterocycles. The van der Waals surface area contributed by atoms with Crippen molar-refractivity contribution in [2.45, 2.75) is 4.90 Å². The quantitative estimate of drug-likeness (QED) is 0.617. The number of thioether (sulfide) groups is 1. The predicted octanol–water partition coefficient (Wildman–Crippen LogP) is 3.95. The van der Waals surface area contributed by atoms with E-state index in [-0.39, 0.29) is 17.1 Å². The zero-order chi connectivity index (χ0) is 14.5. The third-order valence-corrected chi connectivity index (χ3v) is 3.64. The Kier molecular flexibility index (Phi) is 4.74. The van der Waals surface area contributed by atoms with Gasteiger partial charge in [-0.3, -0.25) is 4.79 Å². The van der Waals surface area contributed by atoms with Gasteiger partial charge in [0.2, 0.25) is 0 Å². The van der Waals surface area contributed by atoms with Gasteiger partial charge < -0.3 is 4.74 Å². The Balaban J connectivity index is 2.04. The highest BCUT2D eigenvalue weighted by atomic mass is 32.2. The van der Waals surface area contributed by atoms with Crippen molar-refractivity contribution >= 4 is 17.5 Å². The molecular formula is C15H12F2O2S. The first-order valence-corrected chi connectivity index (χ1v) is 6.84. The number of Topliss-reactive ketones (excluding diaryl/α,β-unsaturated/α-hetero) is 1. The maximum absolute atomic E-state index is 13.5. The lowest BCUT2D eigenvalue weighted by molar-refractivity contribution is 0.101. The summed E-state index contributed by atoms with van der Waals surface area (Å²) in [7, 11) is 1.56. The third-order valence-electron chi connectivity index (χ3n) is 2.64. The van der Waals surface area contributed by atoms with Gasteiger partial charge in [-0.1, -0.05) is 6.07 Å². The largest absolute Gasteiger partial charge is 0.497 e. The van der Waals surface area contributed by atoms with Crippen molar-refractivity contribution in [3.8, 4) is 5.75 Å². The Morgan fingerprint density at radius 1 is 1.20 bits per heavy atom. The van der Waals surface area contributed by atoms with Crippen LogP contribution in [0.25, 0.3) is 0 Å². The Morgan fingerprint density at radius 2 is 2.00 bits per heavy atom. The normalized spacial score (nSPS) is 10.3. The van der Waals surface area contributed by atoms with Crippen molar-refractivity contribution in [1.29, 1.82) is 0 Å². The Bertz CT molecular complexity index is 629. The number of methoxy groups -OCH3 is 1. The smallest absolute Gasteiger partial charge is 0.176 e. The molecule has 0 spiro atoms. The van der Waals surface area contributed by atoms with Crippen molar-refractivity contribution in [2.24, 2.45) is 0 Å². The maximum Gasteiger partial charge on any atom is 0.176 e. The van der Waals surface area contributed by atoms with Crippen molar-refractivity contribution in [3.63, 3.8) is 0 Å². The molecular weight excluding hydrogens is 282 g/mol. The summed E-state index contributed by atoms with van der Waals surface area (Å²) in [5.41, 5.74) is -0.0956. The van der Waals surface area contributed by atoms with E-state index >= 15 is 0 Å². The summed E-state index contributed by atoms with van der Waals surface area (Å²) in [5, 5.41) is 0. The standard InChI is InChI=1S/C15H12F2O2S/c1-19-11-3-2-4-12(8-11)20-9-15(18)13-6-5-10(16)7-14(13)17/h2-8H,9H2,1H3. The summed E-state index contributed by atoms with van der Waals surface area (Å²) in [6, 6.07) is 10.2. The molecule has 0 saturated carbocycles. The molecule has 2 aromatic carbocycles. The minimum atomic E-state index is -0.832. The van der Waals surface area contributed by atoms with Gasteiger partial charge in [0, 0.05) is 11.0 Å². The van der Waals surface area contributed by atoms with Crippen molar-refractivity contribution in [3.05, 3.63) is 59.7 Å². The van der Waals surface area contributed by atoms with Gasteiger partial charge in [-0.05, 0) is 30.3 Å². The van der Waals surface area contributed by atoms with Crippen LogP contribution in [0.1, 0.15) is 10.4 Å². The van der Waals surface area contributed by atoms with Crippen LogP contribution >= 0.6 is 11.8 Å². The number of benzene rings is 2. The lowest BCUT2D eigenvalue weighted by atomic mass is 10.1. The summed E-state index contributed by atoms with van der Waals surface area (Å²) in [5.74, 6) is -1.14. The van der Waals surface area contributed by atoms with E-state index in [1.165, 1.54) is 17.8 Å². The first-order chi connectivity index (χ1) is 9.60.